The van der Waals surface area contributed by atoms with Crippen LogP contribution in [0.15, 0.2) is 5.10 Å². The van der Waals surface area contributed by atoms with Crippen molar-refractivity contribution in [2.75, 3.05) is 0 Å². The maximum absolute atomic E-state index is 12.0. The largest absolute Gasteiger partial charge is 0.481 e. The molecule has 0 aromatic heterocycles. The molecule has 1 saturated carbocycles. The fourth-order valence-corrected chi connectivity index (χ4v) is 2.11. The maximum Gasteiger partial charge on any atom is 0.304 e. The lowest BCUT2D eigenvalue weighted by atomic mass is 10.0. The minimum Gasteiger partial charge on any atom is -0.481 e. The summed E-state index contributed by atoms with van der Waals surface area (Å²) >= 11 is 0. The Labute approximate surface area is 94.1 Å². The monoisotopic (exact) mass is 224 g/mol. The van der Waals surface area contributed by atoms with E-state index in [1.807, 2.05) is 6.92 Å². The molecule has 5 heteroatoms. The number of hydrogen-bond acceptors (Lipinski definition) is 3. The molecule has 1 aliphatic heterocycles. The van der Waals surface area contributed by atoms with Crippen molar-refractivity contribution in [1.82, 2.24) is 5.01 Å². The van der Waals surface area contributed by atoms with Gasteiger partial charge in [0, 0.05) is 5.71 Å². The quantitative estimate of drug-likeness (QED) is 0.777. The van der Waals surface area contributed by atoms with E-state index in [2.05, 4.69) is 5.10 Å². The van der Waals surface area contributed by atoms with Crippen LogP contribution in [0.4, 0.5) is 0 Å². The van der Waals surface area contributed by atoms with Gasteiger partial charge in [0.05, 0.1) is 18.4 Å². The number of nitrogens with zero attached hydrogens (tertiary/aromatic N) is 2. The zero-order valence-corrected chi connectivity index (χ0v) is 9.51. The number of hydrazone groups is 1. The van der Waals surface area contributed by atoms with Crippen LogP contribution in [-0.4, -0.2) is 33.7 Å². The van der Waals surface area contributed by atoms with Gasteiger partial charge in [0.2, 0.25) is 0 Å². The third kappa shape index (κ3) is 1.94. The van der Waals surface area contributed by atoms with Gasteiger partial charge in [-0.15, -0.1) is 0 Å². The number of carbonyl (C=O) groups is 2. The van der Waals surface area contributed by atoms with E-state index in [1.165, 1.54) is 5.01 Å². The smallest absolute Gasteiger partial charge is 0.304 e. The molecular weight excluding hydrogens is 208 g/mol. The summed E-state index contributed by atoms with van der Waals surface area (Å²) in [5, 5.41) is 14.4. The third-order valence-electron chi connectivity index (χ3n) is 3.36. The topological polar surface area (TPSA) is 70.0 Å². The molecule has 1 aliphatic carbocycles. The summed E-state index contributed by atoms with van der Waals surface area (Å²) in [7, 11) is 0. The second-order valence-electron chi connectivity index (χ2n) is 4.65. The Morgan fingerprint density at radius 3 is 2.75 bits per heavy atom. The first kappa shape index (κ1) is 11.1. The standard InChI is InChI=1S/C11H16N2O3/c1-6-9(5-10(14)15)11(16)13(12-6)7(2)8-3-4-8/h7-9H,3-5H2,1-2H3,(H,14,15). The molecule has 1 amide bonds. The molecule has 2 unspecified atom stereocenters. The SMILES string of the molecule is CC1=NN(C(C)C2CC2)C(=O)C1CC(=O)O. The highest BCUT2D eigenvalue weighted by Crippen LogP contribution is 2.37. The molecule has 1 heterocycles. The molecule has 2 atom stereocenters. The molecule has 0 aromatic carbocycles. The van der Waals surface area contributed by atoms with Gasteiger partial charge in [-0.1, -0.05) is 0 Å². The molecule has 5 nitrogen and oxygen atoms in total. The van der Waals surface area contributed by atoms with Crippen molar-refractivity contribution in [3.8, 4) is 0 Å². The first-order valence-electron chi connectivity index (χ1n) is 5.60. The average Bonchev–Trinajstić information content (AvgIpc) is 3.00. The number of carboxylic acid groups (broad SMARTS) is 1. The Hall–Kier alpha value is -1.39. The van der Waals surface area contributed by atoms with Crippen LogP contribution in [0.2, 0.25) is 0 Å². The Balaban J connectivity index is 2.08. The maximum atomic E-state index is 12.0. The second-order valence-corrected chi connectivity index (χ2v) is 4.65. The fraction of sp³-hybridized carbons (Fsp3) is 0.727. The number of rotatable bonds is 4. The van der Waals surface area contributed by atoms with Crippen LogP contribution in [0.3, 0.4) is 0 Å². The molecule has 0 saturated heterocycles. The molecule has 88 valence electrons. The van der Waals surface area contributed by atoms with Gasteiger partial charge in [-0.2, -0.15) is 5.10 Å². The Bertz CT molecular complexity index is 360. The van der Waals surface area contributed by atoms with Gasteiger partial charge < -0.3 is 5.11 Å². The van der Waals surface area contributed by atoms with Crippen LogP contribution >= 0.6 is 0 Å². The summed E-state index contributed by atoms with van der Waals surface area (Å²) in [4.78, 5) is 22.6. The number of aliphatic carboxylic acids is 1. The van der Waals surface area contributed by atoms with Gasteiger partial charge in [0.15, 0.2) is 0 Å². The molecule has 2 rings (SSSR count). The van der Waals surface area contributed by atoms with Crippen molar-refractivity contribution < 1.29 is 14.7 Å². The van der Waals surface area contributed by atoms with E-state index < -0.39 is 11.9 Å². The summed E-state index contributed by atoms with van der Waals surface area (Å²) < 4.78 is 0. The van der Waals surface area contributed by atoms with E-state index in [1.54, 1.807) is 6.92 Å². The van der Waals surface area contributed by atoms with Crippen LogP contribution in [0.25, 0.3) is 0 Å². The predicted octanol–water partition coefficient (Wildman–Crippen LogP) is 1.09. The lowest BCUT2D eigenvalue weighted by Gasteiger charge is -2.21. The summed E-state index contributed by atoms with van der Waals surface area (Å²) in [5.41, 5.74) is 0.625. The average molecular weight is 224 g/mol. The van der Waals surface area contributed by atoms with Crippen LogP contribution in [-0.2, 0) is 9.59 Å². The van der Waals surface area contributed by atoms with E-state index in [0.29, 0.717) is 11.6 Å². The molecule has 0 radical (unpaired) electrons. The van der Waals surface area contributed by atoms with E-state index in [4.69, 9.17) is 5.11 Å². The summed E-state index contributed by atoms with van der Waals surface area (Å²) in [6, 6.07) is 0.112. The molecule has 0 spiro atoms. The van der Waals surface area contributed by atoms with Crippen molar-refractivity contribution in [1.29, 1.82) is 0 Å². The highest BCUT2D eigenvalue weighted by molar-refractivity contribution is 6.08. The second kappa shape index (κ2) is 3.88. The predicted molar refractivity (Wildman–Crippen MR) is 57.9 cm³/mol. The van der Waals surface area contributed by atoms with Crippen LogP contribution in [0.5, 0.6) is 0 Å². The zero-order valence-electron chi connectivity index (χ0n) is 9.51. The summed E-state index contributed by atoms with van der Waals surface area (Å²) in [6.45, 7) is 3.71. The first-order valence-corrected chi connectivity index (χ1v) is 5.60. The van der Waals surface area contributed by atoms with Crippen molar-refractivity contribution in [2.24, 2.45) is 16.9 Å². The van der Waals surface area contributed by atoms with Crippen molar-refractivity contribution in [2.45, 2.75) is 39.2 Å². The molecule has 2 aliphatic rings. The number of amides is 1. The molecule has 1 N–H and O–H groups in total. The molecular formula is C11H16N2O3. The molecule has 0 aromatic rings. The number of hydrogen-bond donors (Lipinski definition) is 1. The van der Waals surface area contributed by atoms with Gasteiger partial charge in [0.1, 0.15) is 0 Å². The van der Waals surface area contributed by atoms with Gasteiger partial charge in [-0.3, -0.25) is 9.59 Å². The minimum absolute atomic E-state index is 0.112. The lowest BCUT2D eigenvalue weighted by molar-refractivity contribution is -0.142. The van der Waals surface area contributed by atoms with Gasteiger partial charge in [0.25, 0.3) is 5.91 Å². The van der Waals surface area contributed by atoms with Gasteiger partial charge in [-0.05, 0) is 32.6 Å². The van der Waals surface area contributed by atoms with Crippen LogP contribution in [0, 0.1) is 11.8 Å². The summed E-state index contributed by atoms with van der Waals surface area (Å²) in [6.07, 6.45) is 2.13. The Morgan fingerprint density at radius 2 is 2.25 bits per heavy atom. The van der Waals surface area contributed by atoms with Crippen molar-refractivity contribution in [3.05, 3.63) is 0 Å². The highest BCUT2D eigenvalue weighted by Gasteiger charge is 2.41. The van der Waals surface area contributed by atoms with E-state index in [9.17, 15) is 9.59 Å². The molecule has 16 heavy (non-hydrogen) atoms. The Morgan fingerprint density at radius 1 is 1.62 bits per heavy atom. The minimum atomic E-state index is -0.950. The summed E-state index contributed by atoms with van der Waals surface area (Å²) in [5.74, 6) is -1.11. The zero-order chi connectivity index (χ0) is 11.9. The number of carboxylic acids is 1. The van der Waals surface area contributed by atoms with Crippen LogP contribution in [0.1, 0.15) is 33.1 Å². The normalized spacial score (nSPS) is 26.9. The third-order valence-corrected chi connectivity index (χ3v) is 3.36. The van der Waals surface area contributed by atoms with Crippen LogP contribution < -0.4 is 0 Å². The van der Waals surface area contributed by atoms with E-state index in [0.717, 1.165) is 12.8 Å². The molecule has 0 bridgehead atoms. The van der Waals surface area contributed by atoms with E-state index in [-0.39, 0.29) is 18.4 Å². The van der Waals surface area contributed by atoms with Crippen molar-refractivity contribution >= 4 is 17.6 Å². The first-order chi connectivity index (χ1) is 7.50. The van der Waals surface area contributed by atoms with Gasteiger partial charge in [-0.25, -0.2) is 5.01 Å². The fourth-order valence-electron chi connectivity index (χ4n) is 2.11. The molecule has 1 fully saturated rings. The van der Waals surface area contributed by atoms with E-state index >= 15 is 0 Å². The van der Waals surface area contributed by atoms with Crippen molar-refractivity contribution in [3.63, 3.8) is 0 Å². The van der Waals surface area contributed by atoms with Gasteiger partial charge >= 0.3 is 5.97 Å². The lowest BCUT2D eigenvalue weighted by Crippen LogP contribution is -2.36. The number of carbonyl (C=O) groups excluding carboxylic acids is 1. The Kier molecular flexibility index (Phi) is 2.69. The highest BCUT2D eigenvalue weighted by atomic mass is 16.4.